The van der Waals surface area contributed by atoms with Crippen molar-refractivity contribution in [1.82, 2.24) is 4.98 Å². The standard InChI is InChI=1S/C13H13NO2/c1-3-16-13(15)12-7-5-10-8-9(2)4-6-11(10)14-12/h4-8H,3H2,1-2H3. The molecule has 0 atom stereocenters. The van der Waals surface area contributed by atoms with Crippen LogP contribution < -0.4 is 0 Å². The second-order valence-corrected chi connectivity index (χ2v) is 3.61. The first-order valence-electron chi connectivity index (χ1n) is 5.25. The minimum Gasteiger partial charge on any atom is -0.461 e. The zero-order valence-electron chi connectivity index (χ0n) is 9.36. The Balaban J connectivity index is 2.44. The van der Waals surface area contributed by atoms with E-state index in [0.717, 1.165) is 10.9 Å². The Morgan fingerprint density at radius 2 is 2.12 bits per heavy atom. The fourth-order valence-corrected chi connectivity index (χ4v) is 1.56. The predicted molar refractivity (Wildman–Crippen MR) is 62.4 cm³/mol. The lowest BCUT2D eigenvalue weighted by Gasteiger charge is -2.03. The molecule has 0 fully saturated rings. The van der Waals surface area contributed by atoms with Crippen LogP contribution in [0.4, 0.5) is 0 Å². The summed E-state index contributed by atoms with van der Waals surface area (Å²) in [5.41, 5.74) is 2.35. The number of pyridine rings is 1. The minimum atomic E-state index is -0.370. The molecule has 82 valence electrons. The van der Waals surface area contributed by atoms with E-state index in [2.05, 4.69) is 4.98 Å². The van der Waals surface area contributed by atoms with Crippen LogP contribution in [-0.4, -0.2) is 17.6 Å². The van der Waals surface area contributed by atoms with Gasteiger partial charge in [0.2, 0.25) is 0 Å². The molecular formula is C13H13NO2. The number of aryl methyl sites for hydroxylation is 1. The van der Waals surface area contributed by atoms with E-state index in [9.17, 15) is 4.79 Å². The third kappa shape index (κ3) is 2.03. The van der Waals surface area contributed by atoms with Gasteiger partial charge in [0.15, 0.2) is 0 Å². The van der Waals surface area contributed by atoms with Gasteiger partial charge in [-0.1, -0.05) is 17.7 Å². The van der Waals surface area contributed by atoms with Crippen molar-refractivity contribution in [3.8, 4) is 0 Å². The van der Waals surface area contributed by atoms with E-state index in [1.54, 1.807) is 13.0 Å². The number of fused-ring (bicyclic) bond motifs is 1. The maximum absolute atomic E-state index is 11.5. The molecule has 0 aliphatic rings. The van der Waals surface area contributed by atoms with Gasteiger partial charge in [-0.25, -0.2) is 9.78 Å². The van der Waals surface area contributed by atoms with Crippen LogP contribution in [0.1, 0.15) is 23.0 Å². The van der Waals surface area contributed by atoms with Crippen molar-refractivity contribution < 1.29 is 9.53 Å². The number of esters is 1. The highest BCUT2D eigenvalue weighted by Gasteiger charge is 2.08. The highest BCUT2D eigenvalue weighted by Crippen LogP contribution is 2.14. The lowest BCUT2D eigenvalue weighted by atomic mass is 10.1. The molecule has 2 aromatic rings. The van der Waals surface area contributed by atoms with Crippen molar-refractivity contribution in [2.24, 2.45) is 0 Å². The smallest absolute Gasteiger partial charge is 0.356 e. The maximum atomic E-state index is 11.5. The van der Waals surface area contributed by atoms with Crippen molar-refractivity contribution in [2.75, 3.05) is 6.61 Å². The second kappa shape index (κ2) is 4.31. The number of carbonyl (C=O) groups is 1. The summed E-state index contributed by atoms with van der Waals surface area (Å²) in [6.45, 7) is 4.17. The van der Waals surface area contributed by atoms with Crippen LogP contribution >= 0.6 is 0 Å². The molecule has 0 spiro atoms. The van der Waals surface area contributed by atoms with E-state index < -0.39 is 0 Å². The average Bonchev–Trinajstić information content (AvgIpc) is 2.28. The number of ether oxygens (including phenoxy) is 1. The van der Waals surface area contributed by atoms with Crippen LogP contribution in [0.25, 0.3) is 10.9 Å². The van der Waals surface area contributed by atoms with E-state index in [1.165, 1.54) is 5.56 Å². The summed E-state index contributed by atoms with van der Waals surface area (Å²) in [6.07, 6.45) is 0. The highest BCUT2D eigenvalue weighted by atomic mass is 16.5. The van der Waals surface area contributed by atoms with Gasteiger partial charge in [-0.3, -0.25) is 0 Å². The number of carbonyl (C=O) groups excluding carboxylic acids is 1. The molecule has 3 nitrogen and oxygen atoms in total. The quantitative estimate of drug-likeness (QED) is 0.723. The van der Waals surface area contributed by atoms with Gasteiger partial charge >= 0.3 is 5.97 Å². The zero-order chi connectivity index (χ0) is 11.5. The summed E-state index contributed by atoms with van der Waals surface area (Å²) in [5, 5.41) is 1.04. The number of hydrogen-bond donors (Lipinski definition) is 0. The molecule has 16 heavy (non-hydrogen) atoms. The average molecular weight is 215 g/mol. The van der Waals surface area contributed by atoms with Gasteiger partial charge in [0.25, 0.3) is 0 Å². The molecule has 3 heteroatoms. The Kier molecular flexibility index (Phi) is 2.86. The van der Waals surface area contributed by atoms with E-state index in [1.807, 2.05) is 31.2 Å². The predicted octanol–water partition coefficient (Wildman–Crippen LogP) is 2.72. The van der Waals surface area contributed by atoms with Crippen LogP contribution in [0.3, 0.4) is 0 Å². The van der Waals surface area contributed by atoms with Crippen LogP contribution in [-0.2, 0) is 4.74 Å². The molecule has 1 aromatic carbocycles. The SMILES string of the molecule is CCOC(=O)c1ccc2cc(C)ccc2n1. The molecule has 1 heterocycles. The minimum absolute atomic E-state index is 0.359. The number of benzene rings is 1. The Labute approximate surface area is 94.1 Å². The van der Waals surface area contributed by atoms with Crippen LogP contribution in [0.2, 0.25) is 0 Å². The van der Waals surface area contributed by atoms with Gasteiger partial charge in [0.1, 0.15) is 5.69 Å². The fraction of sp³-hybridized carbons (Fsp3) is 0.231. The molecule has 0 unspecified atom stereocenters. The van der Waals surface area contributed by atoms with Gasteiger partial charge < -0.3 is 4.74 Å². The van der Waals surface area contributed by atoms with E-state index in [-0.39, 0.29) is 5.97 Å². The third-order valence-electron chi connectivity index (χ3n) is 2.33. The first-order valence-corrected chi connectivity index (χ1v) is 5.25. The maximum Gasteiger partial charge on any atom is 0.356 e. The molecule has 2 rings (SSSR count). The van der Waals surface area contributed by atoms with Crippen molar-refractivity contribution in [1.29, 1.82) is 0 Å². The van der Waals surface area contributed by atoms with Gasteiger partial charge in [-0.2, -0.15) is 0 Å². The Hall–Kier alpha value is -1.90. The van der Waals surface area contributed by atoms with E-state index in [0.29, 0.717) is 12.3 Å². The van der Waals surface area contributed by atoms with Gasteiger partial charge in [-0.05, 0) is 32.0 Å². The van der Waals surface area contributed by atoms with Gasteiger partial charge in [-0.15, -0.1) is 0 Å². The number of hydrogen-bond acceptors (Lipinski definition) is 3. The molecule has 0 bridgehead atoms. The van der Waals surface area contributed by atoms with E-state index in [4.69, 9.17) is 4.74 Å². The second-order valence-electron chi connectivity index (χ2n) is 3.61. The molecule has 0 radical (unpaired) electrons. The zero-order valence-corrected chi connectivity index (χ0v) is 9.36. The van der Waals surface area contributed by atoms with Crippen LogP contribution in [0.5, 0.6) is 0 Å². The molecule has 0 aliphatic carbocycles. The molecule has 0 saturated carbocycles. The number of nitrogens with zero attached hydrogens (tertiary/aromatic N) is 1. The first kappa shape index (κ1) is 10.6. The Morgan fingerprint density at radius 1 is 1.31 bits per heavy atom. The molecule has 0 saturated heterocycles. The van der Waals surface area contributed by atoms with Crippen LogP contribution in [0, 0.1) is 6.92 Å². The fourth-order valence-electron chi connectivity index (χ4n) is 1.56. The summed E-state index contributed by atoms with van der Waals surface area (Å²) in [6, 6.07) is 9.51. The number of rotatable bonds is 2. The monoisotopic (exact) mass is 215 g/mol. The lowest BCUT2D eigenvalue weighted by molar-refractivity contribution is 0.0520. The van der Waals surface area contributed by atoms with Crippen molar-refractivity contribution in [2.45, 2.75) is 13.8 Å². The van der Waals surface area contributed by atoms with Crippen molar-refractivity contribution in [3.63, 3.8) is 0 Å². The topological polar surface area (TPSA) is 39.2 Å². The summed E-state index contributed by atoms with van der Waals surface area (Å²) in [5.74, 6) is -0.370. The lowest BCUT2D eigenvalue weighted by Crippen LogP contribution is -2.06. The largest absolute Gasteiger partial charge is 0.461 e. The highest BCUT2D eigenvalue weighted by molar-refractivity contribution is 5.91. The van der Waals surface area contributed by atoms with Gasteiger partial charge in [0.05, 0.1) is 12.1 Å². The summed E-state index contributed by atoms with van der Waals surface area (Å²) in [4.78, 5) is 15.7. The normalized spacial score (nSPS) is 10.4. The molecule has 1 aromatic heterocycles. The Bertz CT molecular complexity index is 534. The van der Waals surface area contributed by atoms with Crippen molar-refractivity contribution >= 4 is 16.9 Å². The third-order valence-corrected chi connectivity index (χ3v) is 2.33. The number of aromatic nitrogens is 1. The molecule has 0 amide bonds. The molecular weight excluding hydrogens is 202 g/mol. The van der Waals surface area contributed by atoms with E-state index >= 15 is 0 Å². The summed E-state index contributed by atoms with van der Waals surface area (Å²) >= 11 is 0. The summed E-state index contributed by atoms with van der Waals surface area (Å²) in [7, 11) is 0. The molecule has 0 aliphatic heterocycles. The first-order chi connectivity index (χ1) is 7.70. The van der Waals surface area contributed by atoms with Crippen LogP contribution in [0.15, 0.2) is 30.3 Å². The summed E-state index contributed by atoms with van der Waals surface area (Å²) < 4.78 is 4.90. The molecule has 0 N–H and O–H groups in total. The van der Waals surface area contributed by atoms with Gasteiger partial charge in [0, 0.05) is 5.39 Å². The van der Waals surface area contributed by atoms with Crippen molar-refractivity contribution in [3.05, 3.63) is 41.6 Å². The Morgan fingerprint density at radius 3 is 2.88 bits per heavy atom.